The number of aliphatic hydroxyl groups is 1. The molecule has 1 aliphatic rings. The molecule has 1 fully saturated rings. The van der Waals surface area contributed by atoms with Crippen molar-refractivity contribution in [1.29, 1.82) is 0 Å². The van der Waals surface area contributed by atoms with E-state index < -0.39 is 6.10 Å². The fourth-order valence-electron chi connectivity index (χ4n) is 4.63. The highest BCUT2D eigenvalue weighted by molar-refractivity contribution is 5.65. The number of aliphatic hydroxyl groups excluding tert-OH is 1. The van der Waals surface area contributed by atoms with Gasteiger partial charge in [0.2, 0.25) is 5.88 Å². The zero-order valence-corrected chi connectivity index (χ0v) is 23.2. The molecule has 38 heavy (non-hydrogen) atoms. The number of hydrogen-bond donors (Lipinski definition) is 1. The van der Waals surface area contributed by atoms with Gasteiger partial charge < -0.3 is 24.1 Å². The van der Waals surface area contributed by atoms with Crippen LogP contribution in [0.15, 0.2) is 54.6 Å². The highest BCUT2D eigenvalue weighted by Gasteiger charge is 2.27. The van der Waals surface area contributed by atoms with E-state index in [2.05, 4.69) is 17.0 Å². The van der Waals surface area contributed by atoms with Crippen molar-refractivity contribution in [3.63, 3.8) is 0 Å². The SMILES string of the molecule is COc1cccc(Oc2c(CN(C[C@H](O)COC(C)(C)C)C[C@H]3CCCO3)c(-c3ccccc3)nn2C)c1. The number of benzene rings is 2. The van der Waals surface area contributed by atoms with Crippen molar-refractivity contribution in [2.45, 2.75) is 58.0 Å². The van der Waals surface area contributed by atoms with E-state index in [0.717, 1.165) is 42.0 Å². The van der Waals surface area contributed by atoms with Gasteiger partial charge in [-0.2, -0.15) is 5.10 Å². The van der Waals surface area contributed by atoms with Crippen LogP contribution in [-0.2, 0) is 23.1 Å². The quantitative estimate of drug-likeness (QED) is 0.356. The van der Waals surface area contributed by atoms with Gasteiger partial charge in [0, 0.05) is 44.9 Å². The predicted octanol–water partition coefficient (Wildman–Crippen LogP) is 5.05. The molecule has 3 aromatic rings. The van der Waals surface area contributed by atoms with Crippen LogP contribution in [-0.4, -0.2) is 71.0 Å². The van der Waals surface area contributed by atoms with Crippen molar-refractivity contribution in [1.82, 2.24) is 14.7 Å². The number of methoxy groups -OCH3 is 1. The summed E-state index contributed by atoms with van der Waals surface area (Å²) in [7, 11) is 3.53. The van der Waals surface area contributed by atoms with Gasteiger partial charge in [-0.25, -0.2) is 4.68 Å². The van der Waals surface area contributed by atoms with Crippen LogP contribution < -0.4 is 9.47 Å². The first-order valence-electron chi connectivity index (χ1n) is 13.3. The summed E-state index contributed by atoms with van der Waals surface area (Å²) in [6.45, 7) is 8.70. The van der Waals surface area contributed by atoms with Gasteiger partial charge in [-0.15, -0.1) is 0 Å². The van der Waals surface area contributed by atoms with E-state index in [-0.39, 0.29) is 18.3 Å². The highest BCUT2D eigenvalue weighted by atomic mass is 16.5. The Morgan fingerprint density at radius 3 is 2.58 bits per heavy atom. The molecule has 1 aromatic heterocycles. The highest BCUT2D eigenvalue weighted by Crippen LogP contribution is 2.35. The minimum atomic E-state index is -0.643. The third-order valence-electron chi connectivity index (χ3n) is 6.44. The molecule has 0 radical (unpaired) electrons. The Labute approximate surface area is 226 Å². The first-order valence-corrected chi connectivity index (χ1v) is 13.3. The van der Waals surface area contributed by atoms with E-state index in [4.69, 9.17) is 24.0 Å². The van der Waals surface area contributed by atoms with Crippen LogP contribution in [0, 0.1) is 0 Å². The van der Waals surface area contributed by atoms with Crippen molar-refractivity contribution >= 4 is 0 Å². The molecule has 8 heteroatoms. The maximum atomic E-state index is 10.9. The minimum absolute atomic E-state index is 0.130. The summed E-state index contributed by atoms with van der Waals surface area (Å²) in [6.07, 6.45) is 1.55. The third kappa shape index (κ3) is 7.80. The van der Waals surface area contributed by atoms with Crippen LogP contribution in [0.3, 0.4) is 0 Å². The number of hydrogen-bond acceptors (Lipinski definition) is 7. The maximum absolute atomic E-state index is 10.9. The summed E-state index contributed by atoms with van der Waals surface area (Å²) in [6, 6.07) is 17.7. The van der Waals surface area contributed by atoms with Crippen molar-refractivity contribution in [3.05, 3.63) is 60.2 Å². The summed E-state index contributed by atoms with van der Waals surface area (Å²) >= 11 is 0. The van der Waals surface area contributed by atoms with E-state index in [1.165, 1.54) is 0 Å². The molecule has 0 saturated carbocycles. The lowest BCUT2D eigenvalue weighted by Crippen LogP contribution is -2.40. The Morgan fingerprint density at radius 1 is 1.13 bits per heavy atom. The average molecular weight is 524 g/mol. The summed E-state index contributed by atoms with van der Waals surface area (Å²) in [5.41, 5.74) is 2.49. The Morgan fingerprint density at radius 2 is 1.89 bits per heavy atom. The number of ether oxygens (including phenoxy) is 4. The van der Waals surface area contributed by atoms with Gasteiger partial charge in [-0.1, -0.05) is 36.4 Å². The summed E-state index contributed by atoms with van der Waals surface area (Å²) in [5, 5.41) is 15.8. The lowest BCUT2D eigenvalue weighted by molar-refractivity contribution is -0.0594. The molecule has 1 saturated heterocycles. The van der Waals surface area contributed by atoms with E-state index >= 15 is 0 Å². The van der Waals surface area contributed by atoms with Crippen LogP contribution in [0.1, 0.15) is 39.2 Å². The summed E-state index contributed by atoms with van der Waals surface area (Å²) in [5.74, 6) is 2.03. The first-order chi connectivity index (χ1) is 18.2. The molecule has 8 nitrogen and oxygen atoms in total. The maximum Gasteiger partial charge on any atom is 0.222 e. The fraction of sp³-hybridized carbons (Fsp3) is 0.500. The average Bonchev–Trinajstić information content (AvgIpc) is 3.51. The second-order valence-corrected chi connectivity index (χ2v) is 10.8. The van der Waals surface area contributed by atoms with Gasteiger partial charge in [-0.3, -0.25) is 4.90 Å². The first kappa shape index (κ1) is 28.1. The number of rotatable bonds is 12. The van der Waals surface area contributed by atoms with E-state index in [9.17, 15) is 5.11 Å². The molecule has 0 bridgehead atoms. The molecule has 0 unspecified atom stereocenters. The molecule has 0 aliphatic carbocycles. The second kappa shape index (κ2) is 12.8. The topological polar surface area (TPSA) is 78.2 Å². The molecule has 1 N–H and O–H groups in total. The van der Waals surface area contributed by atoms with E-state index in [0.29, 0.717) is 31.3 Å². The molecule has 4 rings (SSSR count). The Balaban J connectivity index is 1.66. The van der Waals surface area contributed by atoms with Crippen LogP contribution >= 0.6 is 0 Å². The van der Waals surface area contributed by atoms with Crippen molar-refractivity contribution in [2.75, 3.05) is 33.4 Å². The van der Waals surface area contributed by atoms with Crippen molar-refractivity contribution in [2.24, 2.45) is 7.05 Å². The van der Waals surface area contributed by atoms with Gasteiger partial charge in [0.1, 0.15) is 17.2 Å². The fourth-order valence-corrected chi connectivity index (χ4v) is 4.63. The standard InChI is InChI=1S/C30H41N3O5/c1-30(2,3)37-21-23(34)18-33(19-26-15-10-16-36-26)20-27-28(22-11-7-6-8-12-22)31-32(4)29(27)38-25-14-9-13-24(17-25)35-5/h6-9,11-14,17,23,26,34H,10,15-16,18-21H2,1-5H3/t23-,26+/m0/s1. The van der Waals surface area contributed by atoms with Crippen molar-refractivity contribution in [3.8, 4) is 28.6 Å². The lowest BCUT2D eigenvalue weighted by Gasteiger charge is -2.29. The predicted molar refractivity (Wildman–Crippen MR) is 148 cm³/mol. The van der Waals surface area contributed by atoms with Gasteiger partial charge in [0.15, 0.2) is 0 Å². The lowest BCUT2D eigenvalue weighted by atomic mass is 10.1. The second-order valence-electron chi connectivity index (χ2n) is 10.8. The zero-order chi connectivity index (χ0) is 27.1. The number of nitrogens with zero attached hydrogens (tertiary/aromatic N) is 3. The van der Waals surface area contributed by atoms with Gasteiger partial charge in [-0.05, 0) is 45.7 Å². The minimum Gasteiger partial charge on any atom is -0.497 e. The van der Waals surface area contributed by atoms with Crippen LogP contribution in [0.5, 0.6) is 17.4 Å². The largest absolute Gasteiger partial charge is 0.497 e. The molecule has 206 valence electrons. The van der Waals surface area contributed by atoms with Crippen LogP contribution in [0.2, 0.25) is 0 Å². The number of aromatic nitrogens is 2. The van der Waals surface area contributed by atoms with Gasteiger partial charge in [0.25, 0.3) is 0 Å². The zero-order valence-electron chi connectivity index (χ0n) is 23.2. The molecule has 2 heterocycles. The molecular formula is C30H41N3O5. The third-order valence-corrected chi connectivity index (χ3v) is 6.44. The van der Waals surface area contributed by atoms with Gasteiger partial charge >= 0.3 is 0 Å². The summed E-state index contributed by atoms with van der Waals surface area (Å²) < 4.78 is 25.4. The Kier molecular flexibility index (Phi) is 9.44. The molecule has 2 aromatic carbocycles. The Hall–Kier alpha value is -2.91. The van der Waals surface area contributed by atoms with E-state index in [1.54, 1.807) is 11.8 Å². The van der Waals surface area contributed by atoms with Gasteiger partial charge in [0.05, 0.1) is 37.1 Å². The van der Waals surface area contributed by atoms with Crippen molar-refractivity contribution < 1.29 is 24.1 Å². The molecule has 1 aliphatic heterocycles. The molecule has 2 atom stereocenters. The van der Waals surface area contributed by atoms with E-state index in [1.807, 2.05) is 70.3 Å². The monoisotopic (exact) mass is 523 g/mol. The molecular weight excluding hydrogens is 482 g/mol. The smallest absolute Gasteiger partial charge is 0.222 e. The Bertz CT molecular complexity index is 1150. The van der Waals surface area contributed by atoms with Crippen LogP contribution in [0.25, 0.3) is 11.3 Å². The normalized spacial score (nSPS) is 16.7. The van der Waals surface area contributed by atoms with Crippen LogP contribution in [0.4, 0.5) is 0 Å². The number of aryl methyl sites for hydroxylation is 1. The summed E-state index contributed by atoms with van der Waals surface area (Å²) in [4.78, 5) is 2.23. The molecule has 0 spiro atoms. The molecule has 0 amide bonds.